The number of nitriles is 1. The maximum Gasteiger partial charge on any atom is 0.353 e. The fourth-order valence-corrected chi connectivity index (χ4v) is 2.86. The van der Waals surface area contributed by atoms with Gasteiger partial charge in [-0.05, 0) is 30.7 Å². The van der Waals surface area contributed by atoms with Crippen LogP contribution in [0.1, 0.15) is 28.5 Å². The van der Waals surface area contributed by atoms with Crippen molar-refractivity contribution in [3.8, 4) is 6.07 Å². The number of rotatable bonds is 6. The summed E-state index contributed by atoms with van der Waals surface area (Å²) in [4.78, 5) is 25.8. The number of carboxylic acids is 1. The lowest BCUT2D eigenvalue weighted by molar-refractivity contribution is -0.114. The van der Waals surface area contributed by atoms with E-state index < -0.39 is 5.97 Å². The highest BCUT2D eigenvalue weighted by atomic mass is 16.4. The molecular weight excluding hydrogens is 354 g/mol. The van der Waals surface area contributed by atoms with Gasteiger partial charge in [0.05, 0.1) is 5.56 Å². The monoisotopic (exact) mass is 375 g/mol. The summed E-state index contributed by atoms with van der Waals surface area (Å²) in [7, 11) is 3.24. The van der Waals surface area contributed by atoms with E-state index in [0.717, 1.165) is 5.69 Å². The van der Waals surface area contributed by atoms with Crippen LogP contribution in [0.5, 0.6) is 0 Å². The van der Waals surface area contributed by atoms with Crippen LogP contribution in [-0.2, 0) is 11.8 Å². The number of hydrogen-bond acceptors (Lipinski definition) is 3. The number of carboxylic acid groups (broad SMARTS) is 1. The molecule has 0 saturated carbocycles. The summed E-state index contributed by atoms with van der Waals surface area (Å²) in [5, 5.41) is 18.8. The molecule has 0 radical (unpaired) electrons. The SMILES string of the molecule is C=C/C(=C\C=C(/C)c1c(C#N)cn(C)c1C(=O)O)C(=O)N(C)c1ccccc1. The number of nitrogens with zero attached hydrogens (tertiary/aromatic N) is 3. The number of aromatic carboxylic acids is 1. The van der Waals surface area contributed by atoms with Crippen molar-refractivity contribution in [2.24, 2.45) is 7.05 Å². The largest absolute Gasteiger partial charge is 0.477 e. The van der Waals surface area contributed by atoms with Gasteiger partial charge in [-0.2, -0.15) is 5.26 Å². The van der Waals surface area contributed by atoms with E-state index >= 15 is 0 Å². The highest BCUT2D eigenvalue weighted by molar-refractivity contribution is 6.07. The predicted octanol–water partition coefficient (Wildman–Crippen LogP) is 3.77. The van der Waals surface area contributed by atoms with Crippen molar-refractivity contribution in [2.75, 3.05) is 11.9 Å². The van der Waals surface area contributed by atoms with Gasteiger partial charge in [-0.1, -0.05) is 36.9 Å². The molecule has 2 rings (SSSR count). The van der Waals surface area contributed by atoms with Gasteiger partial charge in [0.2, 0.25) is 0 Å². The number of allylic oxidation sites excluding steroid dienone is 3. The minimum Gasteiger partial charge on any atom is -0.477 e. The number of para-hydroxylation sites is 1. The maximum absolute atomic E-state index is 12.7. The molecule has 6 heteroatoms. The molecule has 1 N–H and O–H groups in total. The Morgan fingerprint density at radius 3 is 2.43 bits per heavy atom. The van der Waals surface area contributed by atoms with Crippen LogP contribution in [0.3, 0.4) is 0 Å². The molecular formula is C22H21N3O3. The van der Waals surface area contributed by atoms with Crippen LogP contribution >= 0.6 is 0 Å². The number of carbonyl (C=O) groups is 2. The van der Waals surface area contributed by atoms with Gasteiger partial charge < -0.3 is 14.6 Å². The van der Waals surface area contributed by atoms with Crippen molar-refractivity contribution in [1.82, 2.24) is 4.57 Å². The van der Waals surface area contributed by atoms with E-state index in [1.54, 1.807) is 33.2 Å². The van der Waals surface area contributed by atoms with Gasteiger partial charge in [0.1, 0.15) is 11.8 Å². The first-order valence-corrected chi connectivity index (χ1v) is 8.49. The number of likely N-dealkylation sites (N-methyl/N-ethyl adjacent to an activating group) is 1. The van der Waals surface area contributed by atoms with Crippen LogP contribution < -0.4 is 4.90 Å². The fourth-order valence-electron chi connectivity index (χ4n) is 2.86. The lowest BCUT2D eigenvalue weighted by Crippen LogP contribution is -2.27. The van der Waals surface area contributed by atoms with Crippen LogP contribution in [0, 0.1) is 11.3 Å². The van der Waals surface area contributed by atoms with Gasteiger partial charge in [0, 0.05) is 37.1 Å². The minimum absolute atomic E-state index is 0.0200. The Kier molecular flexibility index (Phi) is 6.35. The van der Waals surface area contributed by atoms with E-state index in [9.17, 15) is 20.0 Å². The zero-order valence-electron chi connectivity index (χ0n) is 16.0. The Hall–Kier alpha value is -3.85. The standard InChI is InChI=1S/C22H21N3O3/c1-5-16(21(26)25(4)18-9-7-6-8-10-18)12-11-15(2)19-17(13-23)14-24(3)20(19)22(27)28/h5-12,14H,1H2,2-4H3,(H,27,28)/b15-11+,16-12+. The summed E-state index contributed by atoms with van der Waals surface area (Å²) in [6, 6.07) is 11.2. The second-order valence-electron chi connectivity index (χ2n) is 6.17. The lowest BCUT2D eigenvalue weighted by Gasteiger charge is -2.17. The average Bonchev–Trinajstić information content (AvgIpc) is 3.04. The van der Waals surface area contributed by atoms with Crippen LogP contribution in [0.15, 0.2) is 66.9 Å². The van der Waals surface area contributed by atoms with Crippen molar-refractivity contribution in [3.63, 3.8) is 0 Å². The summed E-state index contributed by atoms with van der Waals surface area (Å²) in [5.74, 6) is -1.38. The molecule has 0 aliphatic carbocycles. The van der Waals surface area contributed by atoms with Crippen LogP contribution in [-0.4, -0.2) is 28.6 Å². The maximum atomic E-state index is 12.7. The molecule has 0 unspecified atom stereocenters. The van der Waals surface area contributed by atoms with Crippen molar-refractivity contribution in [3.05, 3.63) is 83.7 Å². The molecule has 0 aliphatic heterocycles. The number of aryl methyl sites for hydroxylation is 1. The summed E-state index contributed by atoms with van der Waals surface area (Å²) in [6.07, 6.45) is 6.11. The molecule has 1 aromatic heterocycles. The van der Waals surface area contributed by atoms with Gasteiger partial charge >= 0.3 is 5.97 Å². The molecule has 0 spiro atoms. The third kappa shape index (κ3) is 4.10. The molecule has 1 heterocycles. The number of carbonyl (C=O) groups excluding carboxylic acids is 1. The fraction of sp³-hybridized carbons (Fsp3) is 0.136. The van der Waals surface area contributed by atoms with Crippen molar-refractivity contribution >= 4 is 23.1 Å². The van der Waals surface area contributed by atoms with Crippen LogP contribution in [0.2, 0.25) is 0 Å². The molecule has 0 fully saturated rings. The quantitative estimate of drug-likeness (QED) is 0.615. The summed E-state index contributed by atoms with van der Waals surface area (Å²) >= 11 is 0. The Morgan fingerprint density at radius 2 is 1.89 bits per heavy atom. The molecule has 0 saturated heterocycles. The molecule has 28 heavy (non-hydrogen) atoms. The molecule has 0 aliphatic rings. The first-order valence-electron chi connectivity index (χ1n) is 8.49. The van der Waals surface area contributed by atoms with Gasteiger partial charge in [-0.15, -0.1) is 0 Å². The normalized spacial score (nSPS) is 11.6. The van der Waals surface area contributed by atoms with Gasteiger partial charge in [-0.25, -0.2) is 4.79 Å². The molecule has 2 aromatic rings. The van der Waals surface area contributed by atoms with Crippen molar-refractivity contribution in [2.45, 2.75) is 6.92 Å². The molecule has 1 aromatic carbocycles. The number of aromatic nitrogens is 1. The highest BCUT2D eigenvalue weighted by Crippen LogP contribution is 2.25. The summed E-state index contributed by atoms with van der Waals surface area (Å²) in [6.45, 7) is 5.40. The van der Waals surface area contributed by atoms with Crippen LogP contribution in [0.4, 0.5) is 5.69 Å². The number of amides is 1. The Labute approximate surface area is 163 Å². The smallest absolute Gasteiger partial charge is 0.353 e. The molecule has 6 nitrogen and oxygen atoms in total. The first kappa shape index (κ1) is 20.5. The number of anilines is 1. The summed E-state index contributed by atoms with van der Waals surface area (Å²) in [5.41, 5.74) is 2.26. The van der Waals surface area contributed by atoms with E-state index in [1.807, 2.05) is 36.4 Å². The van der Waals surface area contributed by atoms with E-state index in [0.29, 0.717) is 16.7 Å². The van der Waals surface area contributed by atoms with Crippen molar-refractivity contribution < 1.29 is 14.7 Å². The van der Waals surface area contributed by atoms with Crippen molar-refractivity contribution in [1.29, 1.82) is 5.26 Å². The van der Waals surface area contributed by atoms with Crippen LogP contribution in [0.25, 0.3) is 5.57 Å². The first-order chi connectivity index (χ1) is 13.3. The zero-order chi connectivity index (χ0) is 20.8. The molecule has 1 amide bonds. The van der Waals surface area contributed by atoms with E-state index in [2.05, 4.69) is 6.58 Å². The Morgan fingerprint density at radius 1 is 1.25 bits per heavy atom. The molecule has 0 bridgehead atoms. The van der Waals surface area contributed by atoms with Gasteiger partial charge in [0.25, 0.3) is 5.91 Å². The minimum atomic E-state index is -1.13. The second-order valence-corrected chi connectivity index (χ2v) is 6.17. The highest BCUT2D eigenvalue weighted by Gasteiger charge is 2.21. The zero-order valence-corrected chi connectivity index (χ0v) is 16.0. The van der Waals surface area contributed by atoms with E-state index in [-0.39, 0.29) is 17.2 Å². The topological polar surface area (TPSA) is 86.3 Å². The summed E-state index contributed by atoms with van der Waals surface area (Å²) < 4.78 is 1.40. The number of benzene rings is 1. The van der Waals surface area contributed by atoms with E-state index in [1.165, 1.54) is 21.7 Å². The third-order valence-electron chi connectivity index (χ3n) is 4.33. The molecule has 142 valence electrons. The second kappa shape index (κ2) is 8.69. The third-order valence-corrected chi connectivity index (χ3v) is 4.33. The van der Waals surface area contributed by atoms with Gasteiger partial charge in [0.15, 0.2) is 0 Å². The van der Waals surface area contributed by atoms with E-state index in [4.69, 9.17) is 0 Å². The Balaban J connectivity index is 2.43. The number of hydrogen-bond donors (Lipinski definition) is 1. The molecule has 0 atom stereocenters. The lowest BCUT2D eigenvalue weighted by atomic mass is 10.0. The van der Waals surface area contributed by atoms with Gasteiger partial charge in [-0.3, -0.25) is 4.79 Å². The predicted molar refractivity (Wildman–Crippen MR) is 109 cm³/mol. The average molecular weight is 375 g/mol. The Bertz CT molecular complexity index is 1020.